The Morgan fingerprint density at radius 2 is 1.75 bits per heavy atom. The lowest BCUT2D eigenvalue weighted by atomic mass is 10.2. The van der Waals surface area contributed by atoms with E-state index in [-0.39, 0.29) is 29.1 Å². The van der Waals surface area contributed by atoms with Crippen LogP contribution in [0.3, 0.4) is 0 Å². The van der Waals surface area contributed by atoms with Crippen molar-refractivity contribution < 1.29 is 27.2 Å². The molecule has 5 aromatic rings. The molecule has 11 heteroatoms. The van der Waals surface area contributed by atoms with Crippen molar-refractivity contribution in [1.82, 2.24) is 19.3 Å². The topological polar surface area (TPSA) is 119 Å². The molecule has 0 atom stereocenters. The van der Waals surface area contributed by atoms with Gasteiger partial charge in [-0.05, 0) is 49.4 Å². The van der Waals surface area contributed by atoms with Crippen LogP contribution in [0.1, 0.15) is 11.4 Å². The van der Waals surface area contributed by atoms with Crippen LogP contribution in [0.5, 0.6) is 17.4 Å². The molecular formula is C25H22N4O6S. The fourth-order valence-electron chi connectivity index (χ4n) is 3.65. The Bertz CT molecular complexity index is 1640. The second-order valence-electron chi connectivity index (χ2n) is 7.85. The highest BCUT2D eigenvalue weighted by Crippen LogP contribution is 2.32. The molecule has 5 rings (SSSR count). The van der Waals surface area contributed by atoms with Crippen LogP contribution in [-0.2, 0) is 16.6 Å². The first kappa shape index (κ1) is 23.4. The molecule has 0 N–H and O–H groups in total. The van der Waals surface area contributed by atoms with E-state index in [0.29, 0.717) is 28.0 Å². The van der Waals surface area contributed by atoms with E-state index in [4.69, 9.17) is 18.7 Å². The van der Waals surface area contributed by atoms with Crippen LogP contribution in [0, 0.1) is 6.92 Å². The summed E-state index contributed by atoms with van der Waals surface area (Å²) in [5.74, 6) is 1.72. The van der Waals surface area contributed by atoms with Gasteiger partial charge in [-0.15, -0.1) is 9.19 Å². The van der Waals surface area contributed by atoms with Gasteiger partial charge in [0.15, 0.2) is 6.61 Å². The van der Waals surface area contributed by atoms with Gasteiger partial charge in [0.1, 0.15) is 11.5 Å². The van der Waals surface area contributed by atoms with Gasteiger partial charge in [0.05, 0.1) is 35.6 Å². The molecule has 0 aliphatic rings. The van der Waals surface area contributed by atoms with Crippen LogP contribution in [-0.4, -0.2) is 42.0 Å². The van der Waals surface area contributed by atoms with Crippen LogP contribution >= 0.6 is 0 Å². The molecule has 0 saturated carbocycles. The fourth-order valence-corrected chi connectivity index (χ4v) is 4.93. The zero-order chi connectivity index (χ0) is 25.3. The number of hydrogen-bond acceptors (Lipinski definition) is 9. The van der Waals surface area contributed by atoms with Crippen LogP contribution < -0.4 is 14.2 Å². The quantitative estimate of drug-likeness (QED) is 0.305. The molecule has 10 nitrogen and oxygen atoms in total. The fraction of sp³-hybridized carbons (Fsp3) is 0.160. The molecule has 36 heavy (non-hydrogen) atoms. The average molecular weight is 507 g/mol. The van der Waals surface area contributed by atoms with Crippen molar-refractivity contribution >= 4 is 20.9 Å². The molecule has 0 saturated heterocycles. The van der Waals surface area contributed by atoms with Crippen LogP contribution in [0.15, 0.2) is 76.1 Å². The van der Waals surface area contributed by atoms with Crippen molar-refractivity contribution in [2.45, 2.75) is 18.4 Å². The molecule has 0 unspecified atom stereocenters. The standard InChI is InChI=1S/C25H22N4O6S/c1-16-8-11-18(12-9-16)36(30,31)29-21-13-10-17(32-2)14-20(21)25(27-29)34-15-23-26-24(35-28-23)19-6-4-5-7-22(19)33-3/h4-14H,15H2,1-3H3. The van der Waals surface area contributed by atoms with Crippen molar-refractivity contribution in [3.63, 3.8) is 0 Å². The van der Waals surface area contributed by atoms with Gasteiger partial charge in [-0.3, -0.25) is 0 Å². The highest BCUT2D eigenvalue weighted by atomic mass is 32.2. The Morgan fingerprint density at radius 3 is 2.50 bits per heavy atom. The lowest BCUT2D eigenvalue weighted by molar-refractivity contribution is 0.278. The Kier molecular flexibility index (Phi) is 6.06. The predicted octanol–water partition coefficient (Wildman–Crippen LogP) is 4.23. The molecule has 184 valence electrons. The third kappa shape index (κ3) is 4.24. The van der Waals surface area contributed by atoms with Gasteiger partial charge in [0.25, 0.3) is 15.9 Å². The Morgan fingerprint density at radius 1 is 0.972 bits per heavy atom. The van der Waals surface area contributed by atoms with E-state index in [1.807, 2.05) is 19.1 Å². The molecule has 0 amide bonds. The van der Waals surface area contributed by atoms with Gasteiger partial charge < -0.3 is 18.7 Å². The molecule has 0 fully saturated rings. The predicted molar refractivity (Wildman–Crippen MR) is 131 cm³/mol. The van der Waals surface area contributed by atoms with E-state index in [1.54, 1.807) is 61.7 Å². The number of rotatable bonds is 8. The van der Waals surface area contributed by atoms with E-state index >= 15 is 0 Å². The van der Waals surface area contributed by atoms with Crippen LogP contribution in [0.4, 0.5) is 0 Å². The highest BCUT2D eigenvalue weighted by molar-refractivity contribution is 7.90. The number of methoxy groups -OCH3 is 2. The van der Waals surface area contributed by atoms with Crippen molar-refractivity contribution in [2.75, 3.05) is 14.2 Å². The summed E-state index contributed by atoms with van der Waals surface area (Å²) in [5, 5.41) is 8.71. The number of para-hydroxylation sites is 1. The molecule has 3 aromatic carbocycles. The first-order valence-corrected chi connectivity index (χ1v) is 12.3. The van der Waals surface area contributed by atoms with Crippen LogP contribution in [0.25, 0.3) is 22.4 Å². The smallest absolute Gasteiger partial charge is 0.283 e. The molecule has 0 bridgehead atoms. The first-order valence-electron chi connectivity index (χ1n) is 10.9. The van der Waals surface area contributed by atoms with Gasteiger partial charge in [0, 0.05) is 0 Å². The minimum Gasteiger partial charge on any atom is -0.497 e. The van der Waals surface area contributed by atoms with Crippen molar-refractivity contribution in [2.24, 2.45) is 0 Å². The number of aryl methyl sites for hydroxylation is 1. The maximum absolute atomic E-state index is 13.4. The van der Waals surface area contributed by atoms with Gasteiger partial charge >= 0.3 is 0 Å². The minimum atomic E-state index is -3.98. The molecule has 0 aliphatic carbocycles. The van der Waals surface area contributed by atoms with Crippen molar-refractivity contribution in [1.29, 1.82) is 0 Å². The van der Waals surface area contributed by atoms with Gasteiger partial charge in [-0.1, -0.05) is 35.0 Å². The SMILES string of the molecule is COc1ccc2c(c1)c(OCc1noc(-c3ccccc3OC)n1)nn2S(=O)(=O)c1ccc(C)cc1. The summed E-state index contributed by atoms with van der Waals surface area (Å²) in [6.45, 7) is 1.78. The Labute approximate surface area is 207 Å². The van der Waals surface area contributed by atoms with Crippen molar-refractivity contribution in [3.8, 4) is 28.8 Å². The second kappa shape index (κ2) is 9.34. The summed E-state index contributed by atoms with van der Waals surface area (Å²) in [7, 11) is -0.906. The Hall–Kier alpha value is -4.38. The van der Waals surface area contributed by atoms with Gasteiger partial charge in [-0.25, -0.2) is 0 Å². The van der Waals surface area contributed by atoms with Crippen LogP contribution in [0.2, 0.25) is 0 Å². The van der Waals surface area contributed by atoms with E-state index < -0.39 is 10.0 Å². The average Bonchev–Trinajstić information content (AvgIpc) is 3.52. The molecule has 0 aliphatic heterocycles. The molecular weight excluding hydrogens is 484 g/mol. The molecule has 0 spiro atoms. The molecule has 0 radical (unpaired) electrons. The monoisotopic (exact) mass is 506 g/mol. The number of nitrogens with zero attached hydrogens (tertiary/aromatic N) is 4. The lowest BCUT2D eigenvalue weighted by Gasteiger charge is -2.06. The third-order valence-corrected chi connectivity index (χ3v) is 7.11. The molecule has 2 aromatic heterocycles. The van der Waals surface area contributed by atoms with Gasteiger partial charge in [0.2, 0.25) is 11.7 Å². The van der Waals surface area contributed by atoms with Crippen molar-refractivity contribution in [3.05, 3.63) is 78.1 Å². The van der Waals surface area contributed by atoms with E-state index in [1.165, 1.54) is 7.11 Å². The van der Waals surface area contributed by atoms with E-state index in [9.17, 15) is 8.42 Å². The number of hydrogen-bond donors (Lipinski definition) is 0. The Balaban J connectivity index is 1.49. The maximum Gasteiger partial charge on any atom is 0.283 e. The summed E-state index contributed by atoms with van der Waals surface area (Å²) in [5.41, 5.74) is 1.93. The van der Waals surface area contributed by atoms with E-state index in [2.05, 4.69) is 15.2 Å². The summed E-state index contributed by atoms with van der Waals surface area (Å²) >= 11 is 0. The third-order valence-electron chi connectivity index (χ3n) is 5.51. The lowest BCUT2D eigenvalue weighted by Crippen LogP contribution is -2.14. The number of ether oxygens (including phenoxy) is 3. The summed E-state index contributed by atoms with van der Waals surface area (Å²) in [4.78, 5) is 4.48. The number of fused-ring (bicyclic) bond motifs is 1. The number of benzene rings is 3. The maximum atomic E-state index is 13.4. The minimum absolute atomic E-state index is 0.0863. The molecule has 2 heterocycles. The largest absolute Gasteiger partial charge is 0.497 e. The van der Waals surface area contributed by atoms with Gasteiger partial charge in [-0.2, -0.15) is 13.4 Å². The first-order chi connectivity index (χ1) is 17.4. The summed E-state index contributed by atoms with van der Waals surface area (Å²) in [6, 6.07) is 18.7. The summed E-state index contributed by atoms with van der Waals surface area (Å²) in [6.07, 6.45) is 0. The zero-order valence-corrected chi connectivity index (χ0v) is 20.5. The summed E-state index contributed by atoms with van der Waals surface area (Å²) < 4.78 is 49.6. The zero-order valence-electron chi connectivity index (χ0n) is 19.7. The van der Waals surface area contributed by atoms with E-state index in [0.717, 1.165) is 9.65 Å². The second-order valence-corrected chi connectivity index (χ2v) is 9.62. The number of aromatic nitrogens is 4. The highest BCUT2D eigenvalue weighted by Gasteiger charge is 2.24. The normalized spacial score (nSPS) is 11.5.